The second kappa shape index (κ2) is 6.55. The molecule has 94 valence electrons. The van der Waals surface area contributed by atoms with Gasteiger partial charge in [-0.15, -0.1) is 0 Å². The standard InChI is InChI=1S/C13H25NS2/c1-10-4-3-5-11(2)13(10)14-8-12-9-15-6-7-16-12/h10-14H,3-9H2,1-2H3. The monoisotopic (exact) mass is 259 g/mol. The Morgan fingerprint density at radius 2 is 1.88 bits per heavy atom. The Bertz CT molecular complexity index is 194. The molecule has 0 radical (unpaired) electrons. The van der Waals surface area contributed by atoms with Crippen LogP contribution in [-0.4, -0.2) is 35.1 Å². The first kappa shape index (κ1) is 13.1. The second-order valence-electron chi connectivity index (χ2n) is 5.39. The fourth-order valence-corrected chi connectivity index (χ4v) is 5.63. The molecule has 1 nitrogen and oxygen atoms in total. The minimum Gasteiger partial charge on any atom is -0.312 e. The highest BCUT2D eigenvalue weighted by Gasteiger charge is 2.28. The number of thioether (sulfide) groups is 2. The molecule has 1 aliphatic heterocycles. The molecule has 0 aromatic rings. The summed E-state index contributed by atoms with van der Waals surface area (Å²) in [5, 5.41) is 4.72. The molecule has 1 heterocycles. The van der Waals surface area contributed by atoms with Crippen molar-refractivity contribution in [3.8, 4) is 0 Å². The van der Waals surface area contributed by atoms with Crippen molar-refractivity contribution in [3.63, 3.8) is 0 Å². The molecule has 3 atom stereocenters. The summed E-state index contributed by atoms with van der Waals surface area (Å²) < 4.78 is 0. The zero-order valence-corrected chi connectivity index (χ0v) is 12.2. The molecule has 0 spiro atoms. The molecule has 1 saturated heterocycles. The summed E-state index contributed by atoms with van der Waals surface area (Å²) in [6, 6.07) is 0.779. The normalized spacial score (nSPS) is 40.9. The van der Waals surface area contributed by atoms with Gasteiger partial charge >= 0.3 is 0 Å². The van der Waals surface area contributed by atoms with Crippen molar-refractivity contribution in [1.82, 2.24) is 5.32 Å². The van der Waals surface area contributed by atoms with E-state index in [-0.39, 0.29) is 0 Å². The third-order valence-electron chi connectivity index (χ3n) is 4.01. The maximum absolute atomic E-state index is 3.86. The van der Waals surface area contributed by atoms with Crippen LogP contribution in [0.15, 0.2) is 0 Å². The van der Waals surface area contributed by atoms with Crippen LogP contribution in [0.3, 0.4) is 0 Å². The predicted molar refractivity (Wildman–Crippen MR) is 77.5 cm³/mol. The lowest BCUT2D eigenvalue weighted by Gasteiger charge is -2.36. The van der Waals surface area contributed by atoms with Crippen LogP contribution >= 0.6 is 23.5 Å². The lowest BCUT2D eigenvalue weighted by molar-refractivity contribution is 0.210. The van der Waals surface area contributed by atoms with Gasteiger partial charge in [0.2, 0.25) is 0 Å². The smallest absolute Gasteiger partial charge is 0.0263 e. The fraction of sp³-hybridized carbons (Fsp3) is 1.00. The van der Waals surface area contributed by atoms with E-state index in [2.05, 4.69) is 42.7 Å². The van der Waals surface area contributed by atoms with Crippen LogP contribution in [0, 0.1) is 11.8 Å². The zero-order chi connectivity index (χ0) is 11.4. The molecule has 0 aromatic heterocycles. The van der Waals surface area contributed by atoms with Gasteiger partial charge in [0.1, 0.15) is 0 Å². The molecule has 0 aromatic carbocycles. The summed E-state index contributed by atoms with van der Waals surface area (Å²) in [6.45, 7) is 6.09. The van der Waals surface area contributed by atoms with Crippen LogP contribution in [-0.2, 0) is 0 Å². The first-order valence-electron chi connectivity index (χ1n) is 6.70. The first-order chi connectivity index (χ1) is 7.77. The van der Waals surface area contributed by atoms with E-state index < -0.39 is 0 Å². The summed E-state index contributed by atoms with van der Waals surface area (Å²) in [5.74, 6) is 5.83. The van der Waals surface area contributed by atoms with E-state index in [1.54, 1.807) is 0 Å². The summed E-state index contributed by atoms with van der Waals surface area (Å²) in [4.78, 5) is 0. The summed E-state index contributed by atoms with van der Waals surface area (Å²) in [6.07, 6.45) is 4.29. The fourth-order valence-electron chi connectivity index (χ4n) is 3.01. The molecule has 1 N–H and O–H groups in total. The summed E-state index contributed by atoms with van der Waals surface area (Å²) in [7, 11) is 0. The van der Waals surface area contributed by atoms with Crippen molar-refractivity contribution in [2.75, 3.05) is 23.8 Å². The minimum absolute atomic E-state index is 0.779. The van der Waals surface area contributed by atoms with Gasteiger partial charge in [-0.05, 0) is 24.7 Å². The highest BCUT2D eigenvalue weighted by atomic mass is 32.2. The topological polar surface area (TPSA) is 12.0 Å². The van der Waals surface area contributed by atoms with Crippen molar-refractivity contribution < 1.29 is 0 Å². The van der Waals surface area contributed by atoms with Gasteiger partial charge < -0.3 is 5.32 Å². The lowest BCUT2D eigenvalue weighted by Crippen LogP contribution is -2.45. The van der Waals surface area contributed by atoms with Gasteiger partial charge in [-0.2, -0.15) is 23.5 Å². The molecule has 3 heteroatoms. The maximum atomic E-state index is 3.86. The maximum Gasteiger partial charge on any atom is 0.0263 e. The molecule has 2 fully saturated rings. The molecule has 1 aliphatic carbocycles. The molecule has 16 heavy (non-hydrogen) atoms. The van der Waals surface area contributed by atoms with Crippen LogP contribution in [0.5, 0.6) is 0 Å². The van der Waals surface area contributed by atoms with Crippen molar-refractivity contribution in [3.05, 3.63) is 0 Å². The Labute approximate surface area is 109 Å². The van der Waals surface area contributed by atoms with Gasteiger partial charge in [0.15, 0.2) is 0 Å². The molecular formula is C13H25NS2. The number of rotatable bonds is 3. The van der Waals surface area contributed by atoms with Gasteiger partial charge in [0.05, 0.1) is 0 Å². The van der Waals surface area contributed by atoms with Gasteiger partial charge in [-0.1, -0.05) is 20.3 Å². The quantitative estimate of drug-likeness (QED) is 0.835. The highest BCUT2D eigenvalue weighted by molar-refractivity contribution is 8.06. The van der Waals surface area contributed by atoms with Crippen molar-refractivity contribution in [1.29, 1.82) is 0 Å². The molecule has 3 unspecified atom stereocenters. The lowest BCUT2D eigenvalue weighted by atomic mass is 9.79. The molecule has 0 bridgehead atoms. The molecule has 0 amide bonds. The first-order valence-corrected chi connectivity index (χ1v) is 8.90. The molecule has 2 aliphatic rings. The van der Waals surface area contributed by atoms with Gasteiger partial charge in [0, 0.05) is 35.1 Å². The van der Waals surface area contributed by atoms with E-state index in [0.717, 1.165) is 23.1 Å². The number of hydrogen-bond donors (Lipinski definition) is 1. The molecule has 1 saturated carbocycles. The third-order valence-corrected chi connectivity index (χ3v) is 6.86. The van der Waals surface area contributed by atoms with E-state index >= 15 is 0 Å². The van der Waals surface area contributed by atoms with Crippen molar-refractivity contribution in [2.24, 2.45) is 11.8 Å². The average Bonchev–Trinajstić information content (AvgIpc) is 2.30. The van der Waals surface area contributed by atoms with E-state index in [1.165, 1.54) is 43.1 Å². The zero-order valence-electron chi connectivity index (χ0n) is 10.6. The Morgan fingerprint density at radius 3 is 2.50 bits per heavy atom. The van der Waals surface area contributed by atoms with E-state index in [0.29, 0.717) is 0 Å². The predicted octanol–water partition coefficient (Wildman–Crippen LogP) is 3.25. The van der Waals surface area contributed by atoms with Gasteiger partial charge in [0.25, 0.3) is 0 Å². The highest BCUT2D eigenvalue weighted by Crippen LogP contribution is 2.29. The van der Waals surface area contributed by atoms with Gasteiger partial charge in [-0.3, -0.25) is 0 Å². The van der Waals surface area contributed by atoms with Crippen molar-refractivity contribution in [2.45, 2.75) is 44.4 Å². The van der Waals surface area contributed by atoms with Gasteiger partial charge in [-0.25, -0.2) is 0 Å². The summed E-state index contributed by atoms with van der Waals surface area (Å²) >= 11 is 4.30. The Balaban J connectivity index is 1.74. The Kier molecular flexibility index (Phi) is 5.37. The number of hydrogen-bond acceptors (Lipinski definition) is 3. The van der Waals surface area contributed by atoms with Crippen LogP contribution in [0.25, 0.3) is 0 Å². The van der Waals surface area contributed by atoms with E-state index in [1.807, 2.05) is 0 Å². The molecular weight excluding hydrogens is 234 g/mol. The summed E-state index contributed by atoms with van der Waals surface area (Å²) in [5.41, 5.74) is 0. The Morgan fingerprint density at radius 1 is 1.12 bits per heavy atom. The second-order valence-corrected chi connectivity index (χ2v) is 7.95. The van der Waals surface area contributed by atoms with E-state index in [4.69, 9.17) is 0 Å². The minimum atomic E-state index is 0.779. The average molecular weight is 259 g/mol. The van der Waals surface area contributed by atoms with Crippen LogP contribution in [0.4, 0.5) is 0 Å². The molecule has 2 rings (SSSR count). The third kappa shape index (κ3) is 3.58. The van der Waals surface area contributed by atoms with Crippen LogP contribution in [0.1, 0.15) is 33.1 Å². The van der Waals surface area contributed by atoms with Crippen LogP contribution < -0.4 is 5.32 Å². The largest absolute Gasteiger partial charge is 0.312 e. The Hall–Kier alpha value is 0.660. The SMILES string of the molecule is CC1CCCC(C)C1NCC1CSCCS1. The van der Waals surface area contributed by atoms with E-state index in [9.17, 15) is 0 Å². The van der Waals surface area contributed by atoms with Crippen molar-refractivity contribution >= 4 is 23.5 Å². The van der Waals surface area contributed by atoms with Crippen LogP contribution in [0.2, 0.25) is 0 Å². The number of nitrogens with one attached hydrogen (secondary N) is 1.